The topological polar surface area (TPSA) is 50.0 Å². The molecule has 4 nitrogen and oxygen atoms in total. The van der Waals surface area contributed by atoms with Gasteiger partial charge in [-0.2, -0.15) is 5.26 Å². The standard InChI is InChI=1S/C14H15N3O/c1-10-4-5-11(2)17(10)16-14-8-13(18-3)7-6-12(14)9-15/h4-8,16H,1-3H3. The van der Waals surface area contributed by atoms with Crippen LogP contribution in [0.5, 0.6) is 5.75 Å². The molecule has 0 atom stereocenters. The van der Waals surface area contributed by atoms with E-state index in [0.29, 0.717) is 5.56 Å². The number of aromatic nitrogens is 1. The number of methoxy groups -OCH3 is 1. The maximum Gasteiger partial charge on any atom is 0.121 e. The fourth-order valence-electron chi connectivity index (χ4n) is 1.81. The van der Waals surface area contributed by atoms with Crippen LogP contribution in [0.1, 0.15) is 17.0 Å². The van der Waals surface area contributed by atoms with Crippen LogP contribution in [-0.4, -0.2) is 11.8 Å². The van der Waals surface area contributed by atoms with Crippen molar-refractivity contribution in [2.24, 2.45) is 0 Å². The number of nitriles is 1. The molecule has 0 aliphatic rings. The molecular formula is C14H15N3O. The Bertz CT molecular complexity index is 588. The second kappa shape index (κ2) is 4.84. The molecule has 1 N–H and O–H groups in total. The van der Waals surface area contributed by atoms with Gasteiger partial charge in [0.05, 0.1) is 18.4 Å². The van der Waals surface area contributed by atoms with Crippen molar-refractivity contribution in [3.8, 4) is 11.8 Å². The van der Waals surface area contributed by atoms with Crippen LogP contribution in [-0.2, 0) is 0 Å². The number of hydrogen-bond acceptors (Lipinski definition) is 3. The number of ether oxygens (including phenoxy) is 1. The van der Waals surface area contributed by atoms with Crippen molar-refractivity contribution in [3.63, 3.8) is 0 Å². The van der Waals surface area contributed by atoms with Crippen molar-refractivity contribution >= 4 is 5.69 Å². The SMILES string of the molecule is COc1ccc(C#N)c(Nn2c(C)ccc2C)c1. The molecule has 0 saturated carbocycles. The molecule has 1 aromatic carbocycles. The Balaban J connectivity index is 2.42. The predicted octanol–water partition coefficient (Wildman–Crippen LogP) is 2.86. The number of rotatable bonds is 3. The predicted molar refractivity (Wildman–Crippen MR) is 70.6 cm³/mol. The lowest BCUT2D eigenvalue weighted by Gasteiger charge is -2.14. The summed E-state index contributed by atoms with van der Waals surface area (Å²) in [6.45, 7) is 4.01. The van der Waals surface area contributed by atoms with E-state index in [0.717, 1.165) is 22.8 Å². The van der Waals surface area contributed by atoms with E-state index < -0.39 is 0 Å². The minimum Gasteiger partial charge on any atom is -0.497 e. The van der Waals surface area contributed by atoms with Gasteiger partial charge in [-0.1, -0.05) is 0 Å². The molecule has 0 aliphatic carbocycles. The van der Waals surface area contributed by atoms with Crippen LogP contribution in [0.4, 0.5) is 5.69 Å². The van der Waals surface area contributed by atoms with E-state index >= 15 is 0 Å². The van der Waals surface area contributed by atoms with Gasteiger partial charge in [0, 0.05) is 17.5 Å². The number of nitrogens with zero attached hydrogens (tertiary/aromatic N) is 2. The van der Waals surface area contributed by atoms with Crippen LogP contribution in [0.15, 0.2) is 30.3 Å². The van der Waals surface area contributed by atoms with Crippen molar-refractivity contribution < 1.29 is 4.74 Å². The van der Waals surface area contributed by atoms with Gasteiger partial charge in [-0.05, 0) is 38.1 Å². The Morgan fingerprint density at radius 1 is 1.17 bits per heavy atom. The quantitative estimate of drug-likeness (QED) is 0.898. The number of hydrogen-bond donors (Lipinski definition) is 1. The zero-order chi connectivity index (χ0) is 13.1. The molecule has 4 heteroatoms. The zero-order valence-corrected chi connectivity index (χ0v) is 10.7. The lowest BCUT2D eigenvalue weighted by Crippen LogP contribution is -2.13. The van der Waals surface area contributed by atoms with Crippen molar-refractivity contribution in [2.45, 2.75) is 13.8 Å². The first-order chi connectivity index (χ1) is 8.65. The summed E-state index contributed by atoms with van der Waals surface area (Å²) in [4.78, 5) is 0. The first-order valence-electron chi connectivity index (χ1n) is 5.66. The third kappa shape index (κ3) is 2.16. The largest absolute Gasteiger partial charge is 0.497 e. The highest BCUT2D eigenvalue weighted by atomic mass is 16.5. The number of benzene rings is 1. The summed E-state index contributed by atoms with van der Waals surface area (Å²) in [5.74, 6) is 0.721. The molecule has 0 bridgehead atoms. The second-order valence-electron chi connectivity index (χ2n) is 4.09. The molecule has 0 amide bonds. The van der Waals surface area contributed by atoms with Gasteiger partial charge in [0.15, 0.2) is 0 Å². The van der Waals surface area contributed by atoms with Crippen molar-refractivity contribution in [2.75, 3.05) is 12.5 Å². The van der Waals surface area contributed by atoms with Gasteiger partial charge < -0.3 is 4.74 Å². The number of anilines is 1. The lowest BCUT2D eigenvalue weighted by atomic mass is 10.2. The molecule has 0 saturated heterocycles. The molecule has 0 fully saturated rings. The highest BCUT2D eigenvalue weighted by Gasteiger charge is 2.07. The van der Waals surface area contributed by atoms with Crippen LogP contribution in [0.25, 0.3) is 0 Å². The molecule has 0 radical (unpaired) electrons. The van der Waals surface area contributed by atoms with Gasteiger partial charge >= 0.3 is 0 Å². The zero-order valence-electron chi connectivity index (χ0n) is 10.7. The van der Waals surface area contributed by atoms with Gasteiger partial charge in [-0.3, -0.25) is 10.1 Å². The lowest BCUT2D eigenvalue weighted by molar-refractivity contribution is 0.415. The average Bonchev–Trinajstić information content (AvgIpc) is 2.70. The molecule has 18 heavy (non-hydrogen) atoms. The molecule has 2 rings (SSSR count). The smallest absolute Gasteiger partial charge is 0.121 e. The molecule has 0 spiro atoms. The third-order valence-corrected chi connectivity index (χ3v) is 2.85. The Hall–Kier alpha value is -2.41. The second-order valence-corrected chi connectivity index (χ2v) is 4.09. The summed E-state index contributed by atoms with van der Waals surface area (Å²) in [5, 5.41) is 9.11. The van der Waals surface area contributed by atoms with Crippen LogP contribution >= 0.6 is 0 Å². The summed E-state index contributed by atoms with van der Waals surface area (Å²) >= 11 is 0. The van der Waals surface area contributed by atoms with E-state index in [1.807, 2.05) is 36.7 Å². The fraction of sp³-hybridized carbons (Fsp3) is 0.214. The summed E-state index contributed by atoms with van der Waals surface area (Å²) in [6, 6.07) is 11.6. The molecule has 92 valence electrons. The monoisotopic (exact) mass is 241 g/mol. The maximum atomic E-state index is 9.11. The minimum absolute atomic E-state index is 0.586. The minimum atomic E-state index is 0.586. The van der Waals surface area contributed by atoms with Crippen LogP contribution in [0, 0.1) is 25.2 Å². The van der Waals surface area contributed by atoms with Crippen LogP contribution < -0.4 is 10.2 Å². The van der Waals surface area contributed by atoms with Gasteiger partial charge in [-0.15, -0.1) is 0 Å². The van der Waals surface area contributed by atoms with E-state index in [4.69, 9.17) is 10.00 Å². The third-order valence-electron chi connectivity index (χ3n) is 2.85. The first-order valence-corrected chi connectivity index (χ1v) is 5.66. The Morgan fingerprint density at radius 2 is 1.83 bits per heavy atom. The molecular weight excluding hydrogens is 226 g/mol. The average molecular weight is 241 g/mol. The summed E-state index contributed by atoms with van der Waals surface area (Å²) in [5.41, 5.74) is 6.72. The van der Waals surface area contributed by atoms with Gasteiger partial charge in [0.25, 0.3) is 0 Å². The van der Waals surface area contributed by atoms with Gasteiger partial charge in [0.1, 0.15) is 11.8 Å². The van der Waals surface area contributed by atoms with E-state index in [-0.39, 0.29) is 0 Å². The molecule has 0 aliphatic heterocycles. The van der Waals surface area contributed by atoms with E-state index in [1.54, 1.807) is 19.2 Å². The Labute approximate surface area is 106 Å². The van der Waals surface area contributed by atoms with E-state index in [2.05, 4.69) is 11.5 Å². The van der Waals surface area contributed by atoms with Crippen LogP contribution in [0.2, 0.25) is 0 Å². The summed E-state index contributed by atoms with van der Waals surface area (Å²) in [7, 11) is 1.61. The summed E-state index contributed by atoms with van der Waals surface area (Å²) in [6.07, 6.45) is 0. The number of aryl methyl sites for hydroxylation is 2. The first kappa shape index (κ1) is 12.1. The van der Waals surface area contributed by atoms with Gasteiger partial charge in [-0.25, -0.2) is 0 Å². The maximum absolute atomic E-state index is 9.11. The number of nitrogens with one attached hydrogen (secondary N) is 1. The Kier molecular flexibility index (Phi) is 3.24. The Morgan fingerprint density at radius 3 is 2.39 bits per heavy atom. The molecule has 2 aromatic rings. The molecule has 1 aromatic heterocycles. The normalized spacial score (nSPS) is 9.89. The highest BCUT2D eigenvalue weighted by molar-refractivity contribution is 5.60. The van der Waals surface area contributed by atoms with Crippen molar-refractivity contribution in [1.82, 2.24) is 4.68 Å². The van der Waals surface area contributed by atoms with E-state index in [1.165, 1.54) is 0 Å². The van der Waals surface area contributed by atoms with Crippen molar-refractivity contribution in [3.05, 3.63) is 47.3 Å². The summed E-state index contributed by atoms with van der Waals surface area (Å²) < 4.78 is 7.12. The van der Waals surface area contributed by atoms with Gasteiger partial charge in [0.2, 0.25) is 0 Å². The fourth-order valence-corrected chi connectivity index (χ4v) is 1.81. The van der Waals surface area contributed by atoms with Crippen molar-refractivity contribution in [1.29, 1.82) is 5.26 Å². The molecule has 1 heterocycles. The molecule has 0 unspecified atom stereocenters. The highest BCUT2D eigenvalue weighted by Crippen LogP contribution is 2.23. The van der Waals surface area contributed by atoms with E-state index in [9.17, 15) is 0 Å². The van der Waals surface area contributed by atoms with Crippen LogP contribution in [0.3, 0.4) is 0 Å².